The summed E-state index contributed by atoms with van der Waals surface area (Å²) in [5.74, 6) is -1.01. The maximum Gasteiger partial charge on any atom is 0.279 e. The lowest BCUT2D eigenvalue weighted by molar-refractivity contribution is -0.132. The van der Waals surface area contributed by atoms with Crippen LogP contribution in [0.4, 0.5) is 4.39 Å². The van der Waals surface area contributed by atoms with Gasteiger partial charge in [-0.25, -0.2) is 4.39 Å². The fourth-order valence-corrected chi connectivity index (χ4v) is 2.47. The van der Waals surface area contributed by atoms with Crippen molar-refractivity contribution in [2.24, 2.45) is 0 Å². The van der Waals surface area contributed by atoms with Crippen LogP contribution in [-0.4, -0.2) is 28.1 Å². The van der Waals surface area contributed by atoms with Gasteiger partial charge in [0.05, 0.1) is 0 Å². The van der Waals surface area contributed by atoms with Gasteiger partial charge in [0.2, 0.25) is 17.7 Å². The van der Waals surface area contributed by atoms with Crippen molar-refractivity contribution >= 4 is 11.8 Å². The van der Waals surface area contributed by atoms with Crippen LogP contribution in [0.2, 0.25) is 0 Å². The number of halogens is 1. The summed E-state index contributed by atoms with van der Waals surface area (Å²) in [6.45, 7) is 3.42. The van der Waals surface area contributed by atoms with Gasteiger partial charge in [-0.15, -0.1) is 10.2 Å². The third-order valence-corrected chi connectivity index (χ3v) is 4.17. The maximum absolute atomic E-state index is 13.6. The Hall–Kier alpha value is -3.75. The van der Waals surface area contributed by atoms with Crippen molar-refractivity contribution in [2.45, 2.75) is 32.8 Å². The molecule has 30 heavy (non-hydrogen) atoms. The first-order chi connectivity index (χ1) is 14.4. The van der Waals surface area contributed by atoms with Gasteiger partial charge in [0, 0.05) is 18.4 Å². The van der Waals surface area contributed by atoms with E-state index in [0.717, 1.165) is 11.1 Å². The van der Waals surface area contributed by atoms with Gasteiger partial charge in [0.15, 0.2) is 17.7 Å². The fraction of sp³-hybridized carbons (Fsp3) is 0.238. The number of carbonyl (C=O) groups excluding carboxylic acids is 2. The smallest absolute Gasteiger partial charge is 0.279 e. The molecule has 1 heterocycles. The highest BCUT2D eigenvalue weighted by Crippen LogP contribution is 2.19. The molecule has 3 rings (SSSR count). The van der Waals surface area contributed by atoms with Crippen LogP contribution in [0, 0.1) is 12.7 Å². The predicted molar refractivity (Wildman–Crippen MR) is 106 cm³/mol. The van der Waals surface area contributed by atoms with Crippen molar-refractivity contribution in [3.05, 3.63) is 65.8 Å². The van der Waals surface area contributed by atoms with Crippen LogP contribution in [0.1, 0.15) is 24.8 Å². The lowest BCUT2D eigenvalue weighted by Crippen LogP contribution is -2.47. The molecule has 2 aromatic carbocycles. The zero-order valence-electron chi connectivity index (χ0n) is 16.5. The van der Waals surface area contributed by atoms with E-state index in [1.54, 1.807) is 6.07 Å². The molecule has 9 heteroatoms. The molecular weight excluding hydrogens is 391 g/mol. The van der Waals surface area contributed by atoms with Gasteiger partial charge in [-0.2, -0.15) is 0 Å². The lowest BCUT2D eigenvalue weighted by atomic mass is 10.1. The molecule has 0 fully saturated rings. The summed E-state index contributed by atoms with van der Waals surface area (Å²) >= 11 is 0. The summed E-state index contributed by atoms with van der Waals surface area (Å²) in [6.07, 6.45) is -0.768. The summed E-state index contributed by atoms with van der Waals surface area (Å²) < 4.78 is 24.4. The monoisotopic (exact) mass is 412 g/mol. The Morgan fingerprint density at radius 3 is 2.57 bits per heavy atom. The molecule has 1 aromatic heterocycles. The van der Waals surface area contributed by atoms with Gasteiger partial charge < -0.3 is 9.15 Å². The highest BCUT2D eigenvalue weighted by molar-refractivity contribution is 5.84. The van der Waals surface area contributed by atoms with Gasteiger partial charge in [-0.1, -0.05) is 29.8 Å². The number of aryl methyl sites for hydroxylation is 2. The summed E-state index contributed by atoms with van der Waals surface area (Å²) in [4.78, 5) is 24.0. The Balaban J connectivity index is 1.43. The second-order valence-electron chi connectivity index (χ2n) is 6.59. The Morgan fingerprint density at radius 2 is 1.83 bits per heavy atom. The zero-order chi connectivity index (χ0) is 21.5. The quantitative estimate of drug-likeness (QED) is 0.578. The molecule has 0 saturated heterocycles. The summed E-state index contributed by atoms with van der Waals surface area (Å²) in [6, 6.07) is 13.4. The van der Waals surface area contributed by atoms with Crippen LogP contribution >= 0.6 is 0 Å². The third kappa shape index (κ3) is 5.63. The van der Waals surface area contributed by atoms with E-state index in [0.29, 0.717) is 11.8 Å². The Bertz CT molecular complexity index is 1020. The fourth-order valence-electron chi connectivity index (χ4n) is 2.47. The largest absolute Gasteiger partial charge is 0.478 e. The van der Waals surface area contributed by atoms with E-state index in [2.05, 4.69) is 21.0 Å². The molecule has 0 aliphatic rings. The number of hydrazine groups is 1. The van der Waals surface area contributed by atoms with Crippen molar-refractivity contribution < 1.29 is 23.1 Å². The van der Waals surface area contributed by atoms with Gasteiger partial charge in [-0.3, -0.25) is 20.4 Å². The molecule has 0 aliphatic carbocycles. The van der Waals surface area contributed by atoms with Gasteiger partial charge in [0.1, 0.15) is 0 Å². The van der Waals surface area contributed by atoms with Crippen LogP contribution in [-0.2, 0) is 16.0 Å². The Morgan fingerprint density at radius 1 is 1.10 bits per heavy atom. The molecule has 0 spiro atoms. The Kier molecular flexibility index (Phi) is 6.74. The SMILES string of the molecule is Cc1ccc(-c2nnc(CCC(=O)NNC(=O)[C@@H](C)Oc3ccccc3F)o2)cc1. The molecule has 8 nitrogen and oxygen atoms in total. The molecule has 1 atom stereocenters. The first-order valence-electron chi connectivity index (χ1n) is 9.31. The maximum atomic E-state index is 13.6. The van der Waals surface area contributed by atoms with E-state index in [1.807, 2.05) is 31.2 Å². The topological polar surface area (TPSA) is 106 Å². The number of benzene rings is 2. The standard InChI is InChI=1S/C21H21FN4O4/c1-13-7-9-15(10-8-13)21-26-24-19(30-21)12-11-18(27)23-25-20(28)14(2)29-17-6-4-3-5-16(17)22/h3-10,14H,11-12H2,1-2H3,(H,23,27)(H,25,28)/t14-/m1/s1. The van der Waals surface area contributed by atoms with Gasteiger partial charge in [0.25, 0.3) is 5.91 Å². The van der Waals surface area contributed by atoms with E-state index in [4.69, 9.17) is 9.15 Å². The summed E-state index contributed by atoms with van der Waals surface area (Å²) in [7, 11) is 0. The average molecular weight is 412 g/mol. The number of nitrogens with one attached hydrogen (secondary N) is 2. The first kappa shape index (κ1) is 21.0. The van der Waals surface area contributed by atoms with E-state index >= 15 is 0 Å². The molecule has 0 saturated carbocycles. The number of rotatable bonds is 7. The van der Waals surface area contributed by atoms with Crippen molar-refractivity contribution in [1.29, 1.82) is 0 Å². The van der Waals surface area contributed by atoms with Crippen LogP contribution in [0.25, 0.3) is 11.5 Å². The van der Waals surface area contributed by atoms with E-state index in [1.165, 1.54) is 25.1 Å². The molecule has 0 radical (unpaired) electrons. The molecule has 0 bridgehead atoms. The van der Waals surface area contributed by atoms with Crippen molar-refractivity contribution in [3.63, 3.8) is 0 Å². The van der Waals surface area contributed by atoms with E-state index in [-0.39, 0.29) is 18.6 Å². The minimum Gasteiger partial charge on any atom is -0.478 e. The van der Waals surface area contributed by atoms with Crippen LogP contribution in [0.3, 0.4) is 0 Å². The molecule has 156 valence electrons. The van der Waals surface area contributed by atoms with Crippen LogP contribution in [0.5, 0.6) is 5.75 Å². The molecule has 2 amide bonds. The number of amides is 2. The second kappa shape index (κ2) is 9.64. The number of hydrogen-bond acceptors (Lipinski definition) is 6. The minimum absolute atomic E-state index is 0.0262. The molecule has 0 aliphatic heterocycles. The highest BCUT2D eigenvalue weighted by Gasteiger charge is 2.17. The lowest BCUT2D eigenvalue weighted by Gasteiger charge is -2.15. The molecule has 0 unspecified atom stereocenters. The Labute approximate surface area is 172 Å². The van der Waals surface area contributed by atoms with E-state index in [9.17, 15) is 14.0 Å². The average Bonchev–Trinajstić information content (AvgIpc) is 3.21. The predicted octanol–water partition coefficient (Wildman–Crippen LogP) is 2.73. The normalized spacial score (nSPS) is 11.6. The zero-order valence-corrected chi connectivity index (χ0v) is 16.5. The number of carbonyl (C=O) groups is 2. The molecule has 2 N–H and O–H groups in total. The number of aromatic nitrogens is 2. The van der Waals surface area contributed by atoms with Crippen molar-refractivity contribution in [2.75, 3.05) is 0 Å². The number of hydrogen-bond donors (Lipinski definition) is 2. The van der Waals surface area contributed by atoms with Gasteiger partial charge >= 0.3 is 0 Å². The van der Waals surface area contributed by atoms with Crippen molar-refractivity contribution in [1.82, 2.24) is 21.0 Å². The molecular formula is C21H21FN4O4. The van der Waals surface area contributed by atoms with Crippen LogP contribution in [0.15, 0.2) is 52.9 Å². The minimum atomic E-state index is -1.00. The summed E-state index contributed by atoms with van der Waals surface area (Å²) in [5, 5.41) is 7.90. The number of para-hydroxylation sites is 1. The number of nitrogens with zero attached hydrogens (tertiary/aromatic N) is 2. The summed E-state index contributed by atoms with van der Waals surface area (Å²) in [5.41, 5.74) is 6.43. The van der Waals surface area contributed by atoms with Gasteiger partial charge in [-0.05, 0) is 38.1 Å². The van der Waals surface area contributed by atoms with Crippen molar-refractivity contribution in [3.8, 4) is 17.2 Å². The van der Waals surface area contributed by atoms with Crippen LogP contribution < -0.4 is 15.6 Å². The second-order valence-corrected chi connectivity index (χ2v) is 6.59. The highest BCUT2D eigenvalue weighted by atomic mass is 19.1. The molecule has 3 aromatic rings. The third-order valence-electron chi connectivity index (χ3n) is 4.17. The first-order valence-corrected chi connectivity index (χ1v) is 9.31. The van der Waals surface area contributed by atoms with E-state index < -0.39 is 23.7 Å². The number of ether oxygens (including phenoxy) is 1.